The van der Waals surface area contributed by atoms with E-state index in [1.165, 1.54) is 7.11 Å². The number of hydrogen-bond acceptors (Lipinski definition) is 4. The van der Waals surface area contributed by atoms with E-state index in [2.05, 4.69) is 4.90 Å². The van der Waals surface area contributed by atoms with Gasteiger partial charge in [0.1, 0.15) is 0 Å². The van der Waals surface area contributed by atoms with Gasteiger partial charge < -0.3 is 9.47 Å². The van der Waals surface area contributed by atoms with Crippen LogP contribution >= 0.6 is 0 Å². The summed E-state index contributed by atoms with van der Waals surface area (Å²) in [6.45, 7) is 3.92. The maximum Gasteiger partial charge on any atom is 0.314 e. The fraction of sp³-hybridized carbons (Fsp3) is 0.500. The van der Waals surface area contributed by atoms with Gasteiger partial charge in [0, 0.05) is 19.6 Å². The lowest BCUT2D eigenvalue weighted by Crippen LogP contribution is -2.40. The number of hydrogen-bond donors (Lipinski definition) is 0. The van der Waals surface area contributed by atoms with Crippen LogP contribution in [0.15, 0.2) is 30.3 Å². The number of morpholine rings is 1. The zero-order valence-corrected chi connectivity index (χ0v) is 10.7. The lowest BCUT2D eigenvalue weighted by Gasteiger charge is -2.29. The van der Waals surface area contributed by atoms with Crippen molar-refractivity contribution in [3.63, 3.8) is 0 Å². The molecule has 0 radical (unpaired) electrons. The third kappa shape index (κ3) is 3.31. The smallest absolute Gasteiger partial charge is 0.314 e. The Morgan fingerprint density at radius 3 is 2.61 bits per heavy atom. The molecule has 4 nitrogen and oxygen atoms in total. The van der Waals surface area contributed by atoms with Gasteiger partial charge in [-0.2, -0.15) is 0 Å². The van der Waals surface area contributed by atoms with Gasteiger partial charge in [-0.25, -0.2) is 0 Å². The van der Waals surface area contributed by atoms with Crippen LogP contribution in [0, 0.1) is 0 Å². The zero-order chi connectivity index (χ0) is 12.8. The highest BCUT2D eigenvalue weighted by molar-refractivity contribution is 5.78. The summed E-state index contributed by atoms with van der Waals surface area (Å²) >= 11 is 0. The largest absolute Gasteiger partial charge is 0.469 e. The molecule has 0 amide bonds. The predicted molar refractivity (Wildman–Crippen MR) is 68.5 cm³/mol. The summed E-state index contributed by atoms with van der Waals surface area (Å²) in [5.41, 5.74) is 1.01. The fourth-order valence-corrected chi connectivity index (χ4v) is 2.19. The highest BCUT2D eigenvalue weighted by Crippen LogP contribution is 2.19. The Kier molecular flexibility index (Phi) is 4.73. The Morgan fingerprint density at radius 2 is 2.00 bits per heavy atom. The molecule has 0 aliphatic carbocycles. The van der Waals surface area contributed by atoms with Crippen molar-refractivity contribution in [1.82, 2.24) is 4.90 Å². The molecule has 0 saturated carbocycles. The van der Waals surface area contributed by atoms with Crippen LogP contribution < -0.4 is 0 Å². The average Bonchev–Trinajstić information content (AvgIpc) is 2.46. The number of methoxy groups -OCH3 is 1. The Bertz CT molecular complexity index is 374. The minimum atomic E-state index is -0.214. The molecule has 0 N–H and O–H groups in total. The molecule has 1 fully saturated rings. The van der Waals surface area contributed by atoms with E-state index in [0.29, 0.717) is 6.54 Å². The quantitative estimate of drug-likeness (QED) is 0.753. The van der Waals surface area contributed by atoms with Crippen LogP contribution in [-0.4, -0.2) is 50.8 Å². The summed E-state index contributed by atoms with van der Waals surface area (Å²) in [6, 6.07) is 9.80. The molecule has 1 aliphatic rings. The van der Waals surface area contributed by atoms with Gasteiger partial charge in [0.15, 0.2) is 0 Å². The minimum absolute atomic E-state index is 0.173. The van der Waals surface area contributed by atoms with Gasteiger partial charge in [0.2, 0.25) is 0 Å². The van der Waals surface area contributed by atoms with E-state index in [-0.39, 0.29) is 11.9 Å². The second kappa shape index (κ2) is 6.52. The highest BCUT2D eigenvalue weighted by atomic mass is 16.5. The van der Waals surface area contributed by atoms with Crippen LogP contribution in [0.3, 0.4) is 0 Å². The molecule has 1 aromatic rings. The maximum atomic E-state index is 11.9. The van der Waals surface area contributed by atoms with Crippen LogP contribution in [0.1, 0.15) is 11.5 Å². The van der Waals surface area contributed by atoms with Crippen LogP contribution in [0.25, 0.3) is 0 Å². The van der Waals surface area contributed by atoms with Crippen molar-refractivity contribution in [2.45, 2.75) is 5.92 Å². The molecule has 1 atom stereocenters. The molecule has 0 spiro atoms. The summed E-state index contributed by atoms with van der Waals surface area (Å²) < 4.78 is 10.2. The second-order valence-electron chi connectivity index (χ2n) is 4.40. The molecule has 1 unspecified atom stereocenters. The van der Waals surface area contributed by atoms with E-state index in [9.17, 15) is 4.79 Å². The predicted octanol–water partition coefficient (Wildman–Crippen LogP) is 1.28. The molecule has 0 bridgehead atoms. The lowest BCUT2D eigenvalue weighted by molar-refractivity contribution is -0.143. The van der Waals surface area contributed by atoms with Crippen molar-refractivity contribution in [1.29, 1.82) is 0 Å². The van der Waals surface area contributed by atoms with Crippen LogP contribution in [0.4, 0.5) is 0 Å². The normalized spacial score (nSPS) is 18.3. The molecule has 4 heteroatoms. The van der Waals surface area contributed by atoms with Crippen LogP contribution in [-0.2, 0) is 14.3 Å². The first kappa shape index (κ1) is 13.1. The number of carbonyl (C=O) groups is 1. The molecule has 2 rings (SSSR count). The summed E-state index contributed by atoms with van der Waals surface area (Å²) in [5, 5.41) is 0. The maximum absolute atomic E-state index is 11.9. The first-order valence-corrected chi connectivity index (χ1v) is 6.24. The number of rotatable bonds is 4. The minimum Gasteiger partial charge on any atom is -0.469 e. The van der Waals surface area contributed by atoms with Crippen molar-refractivity contribution in [3.05, 3.63) is 35.9 Å². The van der Waals surface area contributed by atoms with Gasteiger partial charge in [-0.3, -0.25) is 9.69 Å². The van der Waals surface area contributed by atoms with Crippen LogP contribution in [0.2, 0.25) is 0 Å². The average molecular weight is 249 g/mol. The number of esters is 1. The van der Waals surface area contributed by atoms with Crippen molar-refractivity contribution in [2.75, 3.05) is 40.0 Å². The fourth-order valence-electron chi connectivity index (χ4n) is 2.19. The Balaban J connectivity index is 2.07. The molecular formula is C14H19NO3. The van der Waals surface area contributed by atoms with Crippen molar-refractivity contribution >= 4 is 5.97 Å². The third-order valence-corrected chi connectivity index (χ3v) is 3.23. The summed E-state index contributed by atoms with van der Waals surface area (Å²) in [7, 11) is 1.44. The Hall–Kier alpha value is -1.39. The molecule has 1 heterocycles. The number of benzene rings is 1. The Labute approximate surface area is 107 Å². The van der Waals surface area contributed by atoms with Crippen molar-refractivity contribution in [3.8, 4) is 0 Å². The third-order valence-electron chi connectivity index (χ3n) is 3.23. The van der Waals surface area contributed by atoms with E-state index >= 15 is 0 Å². The highest BCUT2D eigenvalue weighted by Gasteiger charge is 2.25. The van der Waals surface area contributed by atoms with Crippen molar-refractivity contribution in [2.24, 2.45) is 0 Å². The van der Waals surface area contributed by atoms with E-state index in [1.807, 2.05) is 30.3 Å². The van der Waals surface area contributed by atoms with E-state index in [0.717, 1.165) is 31.9 Å². The molecule has 1 aromatic carbocycles. The molecule has 98 valence electrons. The molecule has 1 saturated heterocycles. The van der Waals surface area contributed by atoms with Crippen molar-refractivity contribution < 1.29 is 14.3 Å². The van der Waals surface area contributed by atoms with Crippen LogP contribution in [0.5, 0.6) is 0 Å². The van der Waals surface area contributed by atoms with Gasteiger partial charge in [0.05, 0.1) is 26.2 Å². The monoisotopic (exact) mass is 249 g/mol. The van der Waals surface area contributed by atoms with E-state index < -0.39 is 0 Å². The standard InChI is InChI=1S/C14H19NO3/c1-17-14(16)13(12-5-3-2-4-6-12)11-15-7-9-18-10-8-15/h2-6,13H,7-11H2,1H3. The molecule has 1 aliphatic heterocycles. The number of nitrogens with zero attached hydrogens (tertiary/aromatic N) is 1. The van der Waals surface area contributed by atoms with Gasteiger partial charge in [-0.15, -0.1) is 0 Å². The summed E-state index contributed by atoms with van der Waals surface area (Å²) in [5.74, 6) is -0.387. The first-order chi connectivity index (χ1) is 8.81. The van der Waals surface area contributed by atoms with Gasteiger partial charge in [-0.05, 0) is 5.56 Å². The second-order valence-corrected chi connectivity index (χ2v) is 4.40. The summed E-state index contributed by atoms with van der Waals surface area (Å²) in [4.78, 5) is 14.2. The number of carbonyl (C=O) groups excluding carboxylic acids is 1. The molecule has 0 aromatic heterocycles. The van der Waals surface area contributed by atoms with E-state index in [4.69, 9.17) is 9.47 Å². The van der Waals surface area contributed by atoms with Gasteiger partial charge in [0.25, 0.3) is 0 Å². The number of ether oxygens (including phenoxy) is 2. The first-order valence-electron chi connectivity index (χ1n) is 6.24. The Morgan fingerprint density at radius 1 is 1.33 bits per heavy atom. The molecular weight excluding hydrogens is 230 g/mol. The van der Waals surface area contributed by atoms with Gasteiger partial charge >= 0.3 is 5.97 Å². The van der Waals surface area contributed by atoms with Gasteiger partial charge in [-0.1, -0.05) is 30.3 Å². The SMILES string of the molecule is COC(=O)C(CN1CCOCC1)c1ccccc1. The summed E-state index contributed by atoms with van der Waals surface area (Å²) in [6.07, 6.45) is 0. The van der Waals surface area contributed by atoms with E-state index in [1.54, 1.807) is 0 Å². The topological polar surface area (TPSA) is 38.8 Å². The molecule has 18 heavy (non-hydrogen) atoms. The lowest BCUT2D eigenvalue weighted by atomic mass is 9.98. The zero-order valence-electron chi connectivity index (χ0n) is 10.7.